The van der Waals surface area contributed by atoms with Crippen molar-refractivity contribution in [1.29, 1.82) is 0 Å². The molecule has 0 saturated carbocycles. The van der Waals surface area contributed by atoms with E-state index in [9.17, 15) is 14.7 Å². The minimum atomic E-state index is -1.44. The topological polar surface area (TPSA) is 57.6 Å². The number of amides is 1. The zero-order valence-electron chi connectivity index (χ0n) is 18.9. The molecule has 0 aliphatic heterocycles. The van der Waals surface area contributed by atoms with Crippen LogP contribution < -0.4 is 0 Å². The first-order valence-electron chi connectivity index (χ1n) is 11.3. The van der Waals surface area contributed by atoms with Crippen LogP contribution in [0, 0.1) is 11.8 Å². The Balaban J connectivity index is 2.12. The Morgan fingerprint density at radius 1 is 1.06 bits per heavy atom. The summed E-state index contributed by atoms with van der Waals surface area (Å²) in [4.78, 5) is 25.4. The Bertz CT molecular complexity index is 943. The van der Waals surface area contributed by atoms with Gasteiger partial charge in [0, 0.05) is 23.6 Å². The maximum Gasteiger partial charge on any atom is 0.394 e. The number of hydrogen-bond acceptors (Lipinski definition) is 2. The molecule has 0 saturated heterocycles. The van der Waals surface area contributed by atoms with E-state index >= 15 is 0 Å². The molecule has 1 unspecified atom stereocenters. The van der Waals surface area contributed by atoms with Crippen molar-refractivity contribution < 1.29 is 14.7 Å². The van der Waals surface area contributed by atoms with Gasteiger partial charge in [-0.1, -0.05) is 80.8 Å². The van der Waals surface area contributed by atoms with Crippen molar-refractivity contribution in [1.82, 2.24) is 4.90 Å². The molecular formula is C27H32ClNO3. The van der Waals surface area contributed by atoms with E-state index in [1.54, 1.807) is 6.07 Å². The fraction of sp³-hybridized carbons (Fsp3) is 0.407. The van der Waals surface area contributed by atoms with Gasteiger partial charge < -0.3 is 10.0 Å². The number of unbranched alkanes of at least 4 members (excludes halogenated alkanes) is 4. The molecule has 0 aliphatic carbocycles. The van der Waals surface area contributed by atoms with Crippen molar-refractivity contribution in [2.24, 2.45) is 0 Å². The summed E-state index contributed by atoms with van der Waals surface area (Å²) in [5.41, 5.74) is 2.79. The van der Waals surface area contributed by atoms with Gasteiger partial charge in [0.25, 0.3) is 0 Å². The minimum Gasteiger partial charge on any atom is -0.474 e. The molecule has 1 N–H and O–H groups in total. The molecule has 2 rings (SSSR count). The third-order valence-corrected chi connectivity index (χ3v) is 5.66. The molecule has 0 heterocycles. The van der Waals surface area contributed by atoms with Gasteiger partial charge in [0.05, 0.1) is 6.04 Å². The summed E-state index contributed by atoms with van der Waals surface area (Å²) in [6.45, 7) is 4.44. The molecule has 1 amide bonds. The van der Waals surface area contributed by atoms with Crippen LogP contribution in [0.4, 0.5) is 0 Å². The monoisotopic (exact) mass is 453 g/mol. The second kappa shape index (κ2) is 13.6. The van der Waals surface area contributed by atoms with Crippen LogP contribution in [0.2, 0.25) is 5.02 Å². The standard InChI is InChI=1S/C27H32ClNO3/c1-3-5-6-7-8-9-11-21-14-16-23(17-15-21)25(4-2)29(26(30)27(31)32)19-18-22-12-10-13-24(28)20-22/h10,12-17,20,25H,3-8,18-19H2,1-2H3,(H,31,32). The van der Waals surface area contributed by atoms with E-state index in [1.165, 1.54) is 24.2 Å². The average molecular weight is 454 g/mol. The van der Waals surface area contributed by atoms with E-state index in [2.05, 4.69) is 18.8 Å². The van der Waals surface area contributed by atoms with Crippen molar-refractivity contribution in [3.8, 4) is 11.8 Å². The van der Waals surface area contributed by atoms with Crippen molar-refractivity contribution in [2.45, 2.75) is 64.8 Å². The molecule has 5 heteroatoms. The fourth-order valence-electron chi connectivity index (χ4n) is 3.69. The van der Waals surface area contributed by atoms with Crippen LogP contribution in [0.15, 0.2) is 48.5 Å². The Morgan fingerprint density at radius 3 is 2.44 bits per heavy atom. The number of nitrogens with zero attached hydrogens (tertiary/aromatic N) is 1. The van der Waals surface area contributed by atoms with E-state index in [4.69, 9.17) is 11.6 Å². The lowest BCUT2D eigenvalue weighted by Crippen LogP contribution is -2.40. The molecule has 170 valence electrons. The third kappa shape index (κ3) is 8.05. The summed E-state index contributed by atoms with van der Waals surface area (Å²) in [5.74, 6) is 4.07. The van der Waals surface area contributed by atoms with Gasteiger partial charge in [-0.15, -0.1) is 0 Å². The van der Waals surface area contributed by atoms with Crippen LogP contribution in [0.1, 0.15) is 75.1 Å². The Hall–Kier alpha value is -2.77. The largest absolute Gasteiger partial charge is 0.474 e. The highest BCUT2D eigenvalue weighted by atomic mass is 35.5. The highest BCUT2D eigenvalue weighted by Gasteiger charge is 2.28. The fourth-order valence-corrected chi connectivity index (χ4v) is 3.91. The molecule has 2 aromatic carbocycles. The van der Waals surface area contributed by atoms with E-state index in [0.717, 1.165) is 29.5 Å². The van der Waals surface area contributed by atoms with Crippen LogP contribution in [0.3, 0.4) is 0 Å². The maximum atomic E-state index is 12.5. The molecule has 0 aromatic heterocycles. The highest BCUT2D eigenvalue weighted by Crippen LogP contribution is 2.25. The number of hydrogen-bond donors (Lipinski definition) is 1. The summed E-state index contributed by atoms with van der Waals surface area (Å²) < 4.78 is 0. The van der Waals surface area contributed by atoms with Crippen molar-refractivity contribution in [2.75, 3.05) is 6.54 Å². The van der Waals surface area contributed by atoms with E-state index < -0.39 is 11.9 Å². The number of carbonyl (C=O) groups excluding carboxylic acids is 1. The molecule has 1 atom stereocenters. The quantitative estimate of drug-likeness (QED) is 0.262. The molecule has 0 radical (unpaired) electrons. The van der Waals surface area contributed by atoms with E-state index in [0.29, 0.717) is 24.4 Å². The number of aliphatic carboxylic acids is 1. The van der Waals surface area contributed by atoms with Crippen molar-refractivity contribution in [3.05, 3.63) is 70.2 Å². The zero-order chi connectivity index (χ0) is 23.3. The summed E-state index contributed by atoms with van der Waals surface area (Å²) >= 11 is 6.06. The lowest BCUT2D eigenvalue weighted by Gasteiger charge is -2.30. The lowest BCUT2D eigenvalue weighted by molar-refractivity contribution is -0.157. The first-order chi connectivity index (χ1) is 15.5. The molecule has 2 aromatic rings. The maximum absolute atomic E-state index is 12.5. The van der Waals surface area contributed by atoms with Gasteiger partial charge >= 0.3 is 11.9 Å². The highest BCUT2D eigenvalue weighted by molar-refractivity contribution is 6.31. The zero-order valence-corrected chi connectivity index (χ0v) is 19.7. The normalized spacial score (nSPS) is 11.3. The van der Waals surface area contributed by atoms with Crippen LogP contribution in [0.5, 0.6) is 0 Å². The van der Waals surface area contributed by atoms with Crippen LogP contribution >= 0.6 is 11.6 Å². The van der Waals surface area contributed by atoms with Gasteiger partial charge in [-0.3, -0.25) is 4.79 Å². The summed E-state index contributed by atoms with van der Waals surface area (Å²) in [5, 5.41) is 9.99. The average Bonchev–Trinajstić information content (AvgIpc) is 2.79. The number of halogens is 1. The number of carbonyl (C=O) groups is 2. The summed E-state index contributed by atoms with van der Waals surface area (Å²) in [6, 6.07) is 14.8. The van der Waals surface area contributed by atoms with Gasteiger partial charge in [-0.05, 0) is 54.7 Å². The van der Waals surface area contributed by atoms with Crippen LogP contribution in [-0.2, 0) is 16.0 Å². The second-order valence-corrected chi connectivity index (χ2v) is 8.28. The predicted molar refractivity (Wildman–Crippen MR) is 130 cm³/mol. The minimum absolute atomic E-state index is 0.295. The molecule has 0 aliphatic rings. The van der Waals surface area contributed by atoms with Gasteiger partial charge in [0.2, 0.25) is 0 Å². The molecule has 4 nitrogen and oxygen atoms in total. The first-order valence-corrected chi connectivity index (χ1v) is 11.7. The summed E-state index contributed by atoms with van der Waals surface area (Å²) in [7, 11) is 0. The van der Waals surface area contributed by atoms with Gasteiger partial charge in [0.1, 0.15) is 0 Å². The second-order valence-electron chi connectivity index (χ2n) is 7.84. The molecular weight excluding hydrogens is 422 g/mol. The van der Waals surface area contributed by atoms with E-state index in [-0.39, 0.29) is 6.04 Å². The van der Waals surface area contributed by atoms with Gasteiger partial charge in [-0.2, -0.15) is 0 Å². The smallest absolute Gasteiger partial charge is 0.394 e. The molecule has 0 bridgehead atoms. The SMILES string of the molecule is CCCCCCC#Cc1ccc(C(CC)N(CCc2cccc(Cl)c2)C(=O)C(=O)O)cc1. The third-order valence-electron chi connectivity index (χ3n) is 5.42. The molecule has 32 heavy (non-hydrogen) atoms. The number of carboxylic acids is 1. The van der Waals surface area contributed by atoms with Crippen LogP contribution in [-0.4, -0.2) is 28.4 Å². The van der Waals surface area contributed by atoms with Crippen LogP contribution in [0.25, 0.3) is 0 Å². The summed E-state index contributed by atoms with van der Waals surface area (Å²) in [6.07, 6.45) is 6.82. The number of carboxylic acid groups (broad SMARTS) is 1. The first kappa shape index (κ1) is 25.5. The lowest BCUT2D eigenvalue weighted by atomic mass is 10.00. The Morgan fingerprint density at radius 2 is 1.81 bits per heavy atom. The molecule has 0 fully saturated rings. The van der Waals surface area contributed by atoms with Crippen molar-refractivity contribution >= 4 is 23.5 Å². The number of rotatable bonds is 10. The van der Waals surface area contributed by atoms with E-state index in [1.807, 2.05) is 49.4 Å². The number of benzene rings is 2. The predicted octanol–water partition coefficient (Wildman–Crippen LogP) is 6.27. The van der Waals surface area contributed by atoms with Gasteiger partial charge in [0.15, 0.2) is 0 Å². The Kier molecular flexibility index (Phi) is 10.8. The molecule has 0 spiro atoms. The van der Waals surface area contributed by atoms with Crippen molar-refractivity contribution in [3.63, 3.8) is 0 Å². The van der Waals surface area contributed by atoms with Gasteiger partial charge in [-0.25, -0.2) is 4.79 Å². The Labute approximate surface area is 196 Å².